The lowest BCUT2D eigenvalue weighted by molar-refractivity contribution is -0.157. The van der Waals surface area contributed by atoms with Crippen LogP contribution in [-0.2, 0) is 14.4 Å². The standard InChI is InChI=1S/C20H30N2O3/c1-13-11-20(2)12-14(23)15(13)16-17(20)19(25)22(18(16)24)10-6-9-21-7-4-3-5-8-21/h13,15-17H,3-12H2,1-2H3. The van der Waals surface area contributed by atoms with Gasteiger partial charge in [-0.25, -0.2) is 0 Å². The maximum Gasteiger partial charge on any atom is 0.233 e. The predicted molar refractivity (Wildman–Crippen MR) is 93.6 cm³/mol. The van der Waals surface area contributed by atoms with Crippen LogP contribution < -0.4 is 0 Å². The third-order valence-corrected chi connectivity index (χ3v) is 7.24. The van der Waals surface area contributed by atoms with E-state index in [0.29, 0.717) is 13.0 Å². The molecule has 2 aliphatic heterocycles. The van der Waals surface area contributed by atoms with Crippen molar-refractivity contribution in [1.29, 1.82) is 0 Å². The smallest absolute Gasteiger partial charge is 0.233 e. The van der Waals surface area contributed by atoms with E-state index in [1.54, 1.807) is 0 Å². The second kappa shape index (κ2) is 6.19. The molecular formula is C20H30N2O3. The normalized spacial score (nSPS) is 41.5. The summed E-state index contributed by atoms with van der Waals surface area (Å²) in [5.41, 5.74) is -0.315. The van der Waals surface area contributed by atoms with Crippen LogP contribution in [0.1, 0.15) is 52.4 Å². The average molecular weight is 346 g/mol. The Morgan fingerprint density at radius 1 is 1.00 bits per heavy atom. The second-order valence-corrected chi connectivity index (χ2v) is 9.09. The third-order valence-electron chi connectivity index (χ3n) is 7.24. The van der Waals surface area contributed by atoms with Crippen molar-refractivity contribution in [1.82, 2.24) is 9.80 Å². The zero-order chi connectivity index (χ0) is 17.8. The molecule has 0 aromatic rings. The Balaban J connectivity index is 1.46. The molecule has 5 aliphatic rings. The van der Waals surface area contributed by atoms with Gasteiger partial charge in [-0.15, -0.1) is 0 Å². The Labute approximate surface area is 150 Å². The highest BCUT2D eigenvalue weighted by Gasteiger charge is 2.66. The molecule has 5 unspecified atom stereocenters. The minimum absolute atomic E-state index is 0.000504. The lowest BCUT2D eigenvalue weighted by Crippen LogP contribution is -2.56. The summed E-state index contributed by atoms with van der Waals surface area (Å²) in [6.07, 6.45) is 6.05. The van der Waals surface area contributed by atoms with Gasteiger partial charge in [0.1, 0.15) is 5.78 Å². The molecule has 5 atom stereocenters. The summed E-state index contributed by atoms with van der Waals surface area (Å²) < 4.78 is 0. The van der Waals surface area contributed by atoms with E-state index in [9.17, 15) is 14.4 Å². The van der Waals surface area contributed by atoms with Gasteiger partial charge in [-0.05, 0) is 56.7 Å². The van der Waals surface area contributed by atoms with Crippen molar-refractivity contribution in [3.8, 4) is 0 Å². The van der Waals surface area contributed by atoms with Crippen LogP contribution in [0.25, 0.3) is 0 Å². The largest absolute Gasteiger partial charge is 0.303 e. The summed E-state index contributed by atoms with van der Waals surface area (Å²) in [5.74, 6) is -0.497. The van der Waals surface area contributed by atoms with Gasteiger partial charge in [0.2, 0.25) is 11.8 Å². The first-order chi connectivity index (χ1) is 11.9. The van der Waals surface area contributed by atoms with Crippen LogP contribution in [0, 0.1) is 29.1 Å². The van der Waals surface area contributed by atoms with Crippen LogP contribution in [0.5, 0.6) is 0 Å². The van der Waals surface area contributed by atoms with Gasteiger partial charge in [-0.3, -0.25) is 19.3 Å². The quantitative estimate of drug-likeness (QED) is 0.732. The molecule has 5 rings (SSSR count). The topological polar surface area (TPSA) is 57.7 Å². The van der Waals surface area contributed by atoms with E-state index in [0.717, 1.165) is 32.5 Å². The van der Waals surface area contributed by atoms with E-state index in [1.807, 2.05) is 0 Å². The Kier molecular flexibility index (Phi) is 4.25. The zero-order valence-corrected chi connectivity index (χ0v) is 15.5. The van der Waals surface area contributed by atoms with Crippen LogP contribution in [0.4, 0.5) is 0 Å². The number of hydrogen-bond acceptors (Lipinski definition) is 4. The lowest BCUT2D eigenvalue weighted by Gasteiger charge is -2.52. The van der Waals surface area contributed by atoms with Crippen LogP contribution in [-0.4, -0.2) is 53.6 Å². The number of amides is 2. The zero-order valence-electron chi connectivity index (χ0n) is 15.5. The highest BCUT2D eigenvalue weighted by Crippen LogP contribution is 2.60. The molecule has 3 saturated carbocycles. The molecule has 2 saturated heterocycles. The predicted octanol–water partition coefficient (Wildman–Crippen LogP) is 2.10. The highest BCUT2D eigenvalue weighted by atomic mass is 16.2. The molecule has 0 spiro atoms. The number of ketones is 1. The highest BCUT2D eigenvalue weighted by molar-refractivity contribution is 6.09. The van der Waals surface area contributed by atoms with E-state index in [-0.39, 0.29) is 46.7 Å². The minimum atomic E-state index is -0.377. The summed E-state index contributed by atoms with van der Waals surface area (Å²) in [7, 11) is 0. The van der Waals surface area contributed by atoms with Crippen LogP contribution in [0.15, 0.2) is 0 Å². The number of imide groups is 1. The second-order valence-electron chi connectivity index (χ2n) is 9.09. The first kappa shape index (κ1) is 17.2. The minimum Gasteiger partial charge on any atom is -0.303 e. The van der Waals surface area contributed by atoms with Crippen LogP contribution in [0.3, 0.4) is 0 Å². The van der Waals surface area contributed by atoms with E-state index >= 15 is 0 Å². The maximum absolute atomic E-state index is 13.0. The summed E-state index contributed by atoms with van der Waals surface area (Å²) in [4.78, 5) is 42.5. The average Bonchev–Trinajstić information content (AvgIpc) is 2.81. The number of rotatable bonds is 4. The molecule has 2 amide bonds. The van der Waals surface area contributed by atoms with Gasteiger partial charge >= 0.3 is 0 Å². The van der Waals surface area contributed by atoms with E-state index in [2.05, 4.69) is 18.7 Å². The number of fused-ring (bicyclic) bond motifs is 2. The lowest BCUT2D eigenvalue weighted by atomic mass is 9.48. The van der Waals surface area contributed by atoms with Crippen molar-refractivity contribution < 1.29 is 14.4 Å². The number of carbonyl (C=O) groups excluding carboxylic acids is 3. The van der Waals surface area contributed by atoms with Gasteiger partial charge < -0.3 is 4.90 Å². The fourth-order valence-electron chi connectivity index (χ4n) is 6.26. The van der Waals surface area contributed by atoms with E-state index in [1.165, 1.54) is 24.2 Å². The number of piperidine rings is 1. The van der Waals surface area contributed by atoms with Gasteiger partial charge in [0.25, 0.3) is 0 Å². The molecule has 2 bridgehead atoms. The molecule has 0 aromatic carbocycles. The molecule has 5 fully saturated rings. The van der Waals surface area contributed by atoms with Crippen LogP contribution in [0.2, 0.25) is 0 Å². The van der Waals surface area contributed by atoms with Crippen molar-refractivity contribution >= 4 is 17.6 Å². The fraction of sp³-hybridized carbons (Fsp3) is 0.850. The van der Waals surface area contributed by atoms with E-state index in [4.69, 9.17) is 0 Å². The van der Waals surface area contributed by atoms with Gasteiger partial charge in [0.05, 0.1) is 11.8 Å². The SMILES string of the molecule is CC1CC2(C)CC(=O)C1C1C(=O)N(CCCN3CCCCC3)C(=O)C12. The van der Waals surface area contributed by atoms with Crippen molar-refractivity contribution in [2.24, 2.45) is 29.1 Å². The Bertz CT molecular complexity index is 598. The monoisotopic (exact) mass is 346 g/mol. The number of hydrogen-bond donors (Lipinski definition) is 0. The molecular weight excluding hydrogens is 316 g/mol. The Morgan fingerprint density at radius 2 is 1.72 bits per heavy atom. The number of Topliss-reactive ketones (excluding diaryl/α,β-unsaturated/α-hetero) is 1. The summed E-state index contributed by atoms with van der Waals surface area (Å²) in [6, 6.07) is 0. The van der Waals surface area contributed by atoms with Crippen molar-refractivity contribution in [2.75, 3.05) is 26.2 Å². The van der Waals surface area contributed by atoms with Gasteiger partial charge in [-0.2, -0.15) is 0 Å². The fourth-order valence-corrected chi connectivity index (χ4v) is 6.26. The number of likely N-dealkylation sites (tertiary alicyclic amines) is 2. The Morgan fingerprint density at radius 3 is 2.40 bits per heavy atom. The third kappa shape index (κ3) is 2.66. The summed E-state index contributed by atoms with van der Waals surface area (Å²) >= 11 is 0. The van der Waals surface area contributed by atoms with Crippen molar-refractivity contribution in [3.63, 3.8) is 0 Å². The van der Waals surface area contributed by atoms with Gasteiger partial charge in [0, 0.05) is 18.9 Å². The van der Waals surface area contributed by atoms with Crippen molar-refractivity contribution in [3.05, 3.63) is 0 Å². The van der Waals surface area contributed by atoms with Gasteiger partial charge in [0.15, 0.2) is 0 Å². The first-order valence-electron chi connectivity index (χ1n) is 10.0. The summed E-state index contributed by atoms with van der Waals surface area (Å²) in [6.45, 7) is 7.89. The number of nitrogens with zero attached hydrogens (tertiary/aromatic N) is 2. The molecule has 0 aromatic heterocycles. The van der Waals surface area contributed by atoms with Crippen LogP contribution >= 0.6 is 0 Å². The molecule has 138 valence electrons. The van der Waals surface area contributed by atoms with Crippen molar-refractivity contribution in [2.45, 2.75) is 52.4 Å². The summed E-state index contributed by atoms with van der Waals surface area (Å²) in [5, 5.41) is 0. The maximum atomic E-state index is 13.0. The molecule has 0 radical (unpaired) electrons. The van der Waals surface area contributed by atoms with Gasteiger partial charge in [-0.1, -0.05) is 20.3 Å². The Hall–Kier alpha value is -1.23. The first-order valence-corrected chi connectivity index (χ1v) is 10.0. The number of carbonyl (C=O) groups is 3. The molecule has 25 heavy (non-hydrogen) atoms. The molecule has 3 aliphatic carbocycles. The molecule has 5 heteroatoms. The molecule has 5 nitrogen and oxygen atoms in total. The van der Waals surface area contributed by atoms with E-state index < -0.39 is 0 Å². The molecule has 0 N–H and O–H groups in total. The molecule has 2 heterocycles.